The minimum Gasteiger partial charge on any atom is -0.390 e. The molecule has 9 nitrogen and oxygen atoms in total. The highest BCUT2D eigenvalue weighted by atomic mass is 19.3. The summed E-state index contributed by atoms with van der Waals surface area (Å²) in [5.41, 5.74) is 0.292. The highest BCUT2D eigenvalue weighted by Gasteiger charge is 2.30. The van der Waals surface area contributed by atoms with Crippen LogP contribution in [0.1, 0.15) is 44.9 Å². The van der Waals surface area contributed by atoms with Crippen LogP contribution in [0.15, 0.2) is 24.3 Å². The molecule has 3 heterocycles. The van der Waals surface area contributed by atoms with Crippen molar-refractivity contribution in [2.24, 2.45) is 0 Å². The number of nitrogens with one attached hydrogen (secondary N) is 1. The number of benzene rings is 1. The fraction of sp³-hybridized carbons (Fsp3) is 0.545. The lowest BCUT2D eigenvalue weighted by Gasteiger charge is -2.33. The quantitative estimate of drug-likeness (QED) is 0.600. The Morgan fingerprint density at radius 3 is 2.48 bits per heavy atom. The summed E-state index contributed by atoms with van der Waals surface area (Å²) in [5, 5.41) is 13.6. The van der Waals surface area contributed by atoms with E-state index in [2.05, 4.69) is 25.3 Å². The molecule has 0 atom stereocenters. The summed E-state index contributed by atoms with van der Waals surface area (Å²) >= 11 is 0. The van der Waals surface area contributed by atoms with Gasteiger partial charge in [-0.1, -0.05) is 12.1 Å². The second-order valence-electron chi connectivity index (χ2n) is 8.87. The number of alkyl halides is 2. The molecule has 0 amide bonds. The first-order valence-corrected chi connectivity index (χ1v) is 11.2. The van der Waals surface area contributed by atoms with Crippen LogP contribution in [0.5, 0.6) is 0 Å². The molecule has 1 aliphatic carbocycles. The summed E-state index contributed by atoms with van der Waals surface area (Å²) < 4.78 is 34.6. The van der Waals surface area contributed by atoms with E-state index in [1.54, 1.807) is 24.3 Å². The number of hydrogen-bond donors (Lipinski definition) is 2. The zero-order chi connectivity index (χ0) is 23.0. The molecule has 33 heavy (non-hydrogen) atoms. The molecule has 2 N–H and O–H groups in total. The van der Waals surface area contributed by atoms with Crippen molar-refractivity contribution in [3.63, 3.8) is 0 Å². The van der Waals surface area contributed by atoms with Gasteiger partial charge in [-0.25, -0.2) is 13.8 Å². The predicted octanol–water partition coefficient (Wildman–Crippen LogP) is 3.09. The average molecular weight is 460 g/mol. The molecule has 2 aliphatic rings. The van der Waals surface area contributed by atoms with Crippen molar-refractivity contribution in [2.75, 3.05) is 36.5 Å². The zero-order valence-electron chi connectivity index (χ0n) is 18.4. The molecule has 0 bridgehead atoms. The zero-order valence-corrected chi connectivity index (χ0v) is 18.4. The highest BCUT2D eigenvalue weighted by Crippen LogP contribution is 2.30. The third-order valence-corrected chi connectivity index (χ3v) is 6.28. The molecule has 1 saturated heterocycles. The lowest BCUT2D eigenvalue weighted by atomic mass is 9.84. The maximum atomic E-state index is 13.9. The second-order valence-corrected chi connectivity index (χ2v) is 8.87. The van der Waals surface area contributed by atoms with E-state index < -0.39 is 17.9 Å². The largest absolute Gasteiger partial charge is 0.390 e. The minimum absolute atomic E-state index is 0.0760. The fourth-order valence-corrected chi connectivity index (χ4v) is 4.39. The molecule has 1 aliphatic heterocycles. The average Bonchev–Trinajstić information content (AvgIpc) is 3.21. The molecule has 11 heteroatoms. The molecule has 176 valence electrons. The first-order chi connectivity index (χ1) is 15.9. The molecule has 1 saturated carbocycles. The summed E-state index contributed by atoms with van der Waals surface area (Å²) in [6.45, 7) is 4.12. The smallest absolute Gasteiger partial charge is 0.296 e. The van der Waals surface area contributed by atoms with Gasteiger partial charge in [-0.15, -0.1) is 0 Å². The van der Waals surface area contributed by atoms with Crippen LogP contribution in [0.2, 0.25) is 0 Å². The number of aromatic nitrogens is 5. The Morgan fingerprint density at radius 1 is 1.06 bits per heavy atom. The number of aliphatic hydroxyl groups is 1. The van der Waals surface area contributed by atoms with Crippen LogP contribution in [-0.4, -0.2) is 67.6 Å². The fourth-order valence-electron chi connectivity index (χ4n) is 4.39. The topological polar surface area (TPSA) is 101 Å². The second kappa shape index (κ2) is 8.79. The van der Waals surface area contributed by atoms with Crippen molar-refractivity contribution >= 4 is 22.9 Å². The Hall–Kier alpha value is -2.92. The number of imidazole rings is 1. The van der Waals surface area contributed by atoms with E-state index in [-0.39, 0.29) is 12.0 Å². The van der Waals surface area contributed by atoms with E-state index >= 15 is 0 Å². The highest BCUT2D eigenvalue weighted by molar-refractivity contribution is 5.77. The van der Waals surface area contributed by atoms with Gasteiger partial charge >= 0.3 is 0 Å². The Kier molecular flexibility index (Phi) is 5.83. The number of rotatable bonds is 5. The molecule has 0 unspecified atom stereocenters. The SMILES string of the molecule is C[C@]1(O)CC[C@@H](Nc2nc(N3CCOCC3)nc(-n3c(C(F)F)nc4ccccc43)n2)CC1. The van der Waals surface area contributed by atoms with Gasteiger partial charge in [0.15, 0.2) is 5.82 Å². The van der Waals surface area contributed by atoms with Gasteiger partial charge in [0.1, 0.15) is 0 Å². The van der Waals surface area contributed by atoms with Crippen LogP contribution in [0.4, 0.5) is 20.7 Å². The van der Waals surface area contributed by atoms with E-state index in [0.29, 0.717) is 62.1 Å². The molecule has 1 aromatic carbocycles. The van der Waals surface area contributed by atoms with Crippen molar-refractivity contribution in [3.05, 3.63) is 30.1 Å². The Balaban J connectivity index is 1.56. The number of nitrogens with zero attached hydrogens (tertiary/aromatic N) is 6. The van der Waals surface area contributed by atoms with E-state index in [4.69, 9.17) is 4.74 Å². The van der Waals surface area contributed by atoms with Crippen molar-refractivity contribution in [2.45, 2.75) is 50.7 Å². The monoisotopic (exact) mass is 459 g/mol. The lowest BCUT2D eigenvalue weighted by molar-refractivity contribution is 0.0195. The Labute approximate surface area is 189 Å². The maximum absolute atomic E-state index is 13.9. The first-order valence-electron chi connectivity index (χ1n) is 11.2. The standard InChI is InChI=1S/C22H27F2N7O2/c1-22(32)8-6-14(7-9-22)25-19-27-20(30-10-12-33-13-11-30)29-21(28-19)31-16-5-3-2-4-15(16)26-18(31)17(23)24/h2-5,14,17,32H,6-13H2,1H3,(H,25,27,28,29)/t14-,22+. The summed E-state index contributed by atoms with van der Waals surface area (Å²) in [4.78, 5) is 19.8. The van der Waals surface area contributed by atoms with Crippen LogP contribution < -0.4 is 10.2 Å². The Morgan fingerprint density at radius 2 is 1.76 bits per heavy atom. The van der Waals surface area contributed by atoms with Gasteiger partial charge in [0.05, 0.1) is 29.8 Å². The number of fused-ring (bicyclic) bond motifs is 1. The van der Waals surface area contributed by atoms with E-state index in [0.717, 1.165) is 12.8 Å². The molecular formula is C22H27F2N7O2. The lowest BCUT2D eigenvalue weighted by Crippen LogP contribution is -2.38. The van der Waals surface area contributed by atoms with E-state index in [1.165, 1.54) is 4.57 Å². The van der Waals surface area contributed by atoms with Gasteiger partial charge in [-0.05, 0) is 44.7 Å². The predicted molar refractivity (Wildman–Crippen MR) is 119 cm³/mol. The van der Waals surface area contributed by atoms with Crippen LogP contribution in [0.3, 0.4) is 0 Å². The molecule has 0 radical (unpaired) electrons. The number of para-hydroxylation sites is 2. The van der Waals surface area contributed by atoms with Gasteiger partial charge in [-0.2, -0.15) is 15.0 Å². The summed E-state index contributed by atoms with van der Waals surface area (Å²) in [5.74, 6) is 0.424. The van der Waals surface area contributed by atoms with Crippen molar-refractivity contribution in [1.82, 2.24) is 24.5 Å². The molecule has 2 aromatic heterocycles. The normalized spacial score (nSPS) is 23.9. The number of halogens is 2. The van der Waals surface area contributed by atoms with Gasteiger partial charge < -0.3 is 20.1 Å². The third-order valence-electron chi connectivity index (χ3n) is 6.28. The summed E-state index contributed by atoms with van der Waals surface area (Å²) in [6.07, 6.45) is 0.0632. The van der Waals surface area contributed by atoms with Crippen molar-refractivity contribution in [1.29, 1.82) is 0 Å². The van der Waals surface area contributed by atoms with Crippen LogP contribution in [0.25, 0.3) is 17.0 Å². The van der Waals surface area contributed by atoms with Crippen LogP contribution in [-0.2, 0) is 4.74 Å². The first kappa shape index (κ1) is 21.9. The number of anilines is 2. The van der Waals surface area contributed by atoms with Gasteiger partial charge in [0.2, 0.25) is 17.8 Å². The molecule has 5 rings (SSSR count). The molecule has 2 fully saturated rings. The van der Waals surface area contributed by atoms with Gasteiger partial charge in [0.25, 0.3) is 6.43 Å². The molecule has 0 spiro atoms. The molecule has 3 aromatic rings. The Bertz CT molecular complexity index is 1120. The van der Waals surface area contributed by atoms with Crippen LogP contribution in [0, 0.1) is 0 Å². The van der Waals surface area contributed by atoms with Crippen molar-refractivity contribution < 1.29 is 18.6 Å². The summed E-state index contributed by atoms with van der Waals surface area (Å²) in [6, 6.07) is 7.02. The number of ether oxygens (including phenoxy) is 1. The summed E-state index contributed by atoms with van der Waals surface area (Å²) in [7, 11) is 0. The van der Waals surface area contributed by atoms with Crippen molar-refractivity contribution in [3.8, 4) is 5.95 Å². The third kappa shape index (κ3) is 4.60. The number of morpholine rings is 1. The number of hydrogen-bond acceptors (Lipinski definition) is 8. The van der Waals surface area contributed by atoms with Gasteiger partial charge in [0, 0.05) is 19.1 Å². The van der Waals surface area contributed by atoms with E-state index in [1.807, 2.05) is 11.8 Å². The molecular weight excluding hydrogens is 432 g/mol. The van der Waals surface area contributed by atoms with Crippen LogP contribution >= 0.6 is 0 Å². The van der Waals surface area contributed by atoms with Gasteiger partial charge in [-0.3, -0.25) is 4.57 Å². The van der Waals surface area contributed by atoms with E-state index in [9.17, 15) is 13.9 Å². The maximum Gasteiger partial charge on any atom is 0.296 e. The minimum atomic E-state index is -2.79.